The van der Waals surface area contributed by atoms with Crippen LogP contribution < -0.4 is 0 Å². The molecule has 0 atom stereocenters. The summed E-state index contributed by atoms with van der Waals surface area (Å²) in [5, 5.41) is 18.8. The molecule has 0 heterocycles. The lowest BCUT2D eigenvalue weighted by Gasteiger charge is -2.22. The van der Waals surface area contributed by atoms with Crippen LogP contribution in [0.1, 0.15) is 0 Å². The summed E-state index contributed by atoms with van der Waals surface area (Å²) in [7, 11) is 5.96. The van der Waals surface area contributed by atoms with Crippen LogP contribution in [-0.4, -0.2) is 48.8 Å². The van der Waals surface area contributed by atoms with E-state index in [0.717, 1.165) is 11.0 Å². The predicted octanol–water partition coefficient (Wildman–Crippen LogP) is 2.22. The Hall–Kier alpha value is -1.56. The standard InChI is InChI=1S/C6H5NO3.C5H13NO2P/c8-6-3-1-5(2-4-6)7(9)10;1-6(2,3)4-5-8-9-7/h1-4,8H;4-5H2,1-3H3/q;+1. The van der Waals surface area contributed by atoms with Crippen LogP contribution in [-0.2, 0) is 9.09 Å². The Balaban J connectivity index is 0.000000344. The van der Waals surface area contributed by atoms with Gasteiger partial charge in [-0.15, -0.1) is 0 Å². The first-order valence-corrected chi connectivity index (χ1v) is 6.18. The van der Waals surface area contributed by atoms with Crippen molar-refractivity contribution in [2.75, 3.05) is 34.3 Å². The Morgan fingerprint density at radius 3 is 2.21 bits per heavy atom. The maximum Gasteiger partial charge on any atom is 0.327 e. The smallest absolute Gasteiger partial charge is 0.327 e. The van der Waals surface area contributed by atoms with E-state index in [-0.39, 0.29) is 20.1 Å². The minimum absolute atomic E-state index is 0.0159. The van der Waals surface area contributed by atoms with Crippen LogP contribution in [0.2, 0.25) is 0 Å². The molecule has 0 saturated carbocycles. The van der Waals surface area contributed by atoms with E-state index in [1.54, 1.807) is 0 Å². The monoisotopic (exact) mass is 289 g/mol. The number of nitro groups is 1. The van der Waals surface area contributed by atoms with Gasteiger partial charge in [0.25, 0.3) is 5.69 Å². The summed E-state index contributed by atoms with van der Waals surface area (Å²) >= 11 is 0. The van der Waals surface area contributed by atoms with Gasteiger partial charge in [0.1, 0.15) is 18.9 Å². The van der Waals surface area contributed by atoms with Crippen LogP contribution in [0.15, 0.2) is 24.3 Å². The lowest BCUT2D eigenvalue weighted by molar-refractivity contribution is -0.870. The fourth-order valence-electron chi connectivity index (χ4n) is 0.926. The molecular formula is C11H18N2O5P+. The van der Waals surface area contributed by atoms with E-state index in [4.69, 9.17) is 5.11 Å². The summed E-state index contributed by atoms with van der Waals surface area (Å²) < 4.78 is 15.2. The van der Waals surface area contributed by atoms with Crippen molar-refractivity contribution >= 4 is 14.4 Å². The Morgan fingerprint density at radius 1 is 1.32 bits per heavy atom. The van der Waals surface area contributed by atoms with Crippen molar-refractivity contribution in [3.8, 4) is 5.75 Å². The van der Waals surface area contributed by atoms with E-state index in [1.165, 1.54) is 24.3 Å². The van der Waals surface area contributed by atoms with E-state index in [9.17, 15) is 14.7 Å². The largest absolute Gasteiger partial charge is 0.508 e. The predicted molar refractivity (Wildman–Crippen MR) is 71.2 cm³/mol. The fraction of sp³-hybridized carbons (Fsp3) is 0.455. The molecule has 106 valence electrons. The molecular weight excluding hydrogens is 271 g/mol. The van der Waals surface area contributed by atoms with E-state index >= 15 is 0 Å². The topological polar surface area (TPSA) is 89.7 Å². The first kappa shape index (κ1) is 17.4. The number of hydrogen-bond donors (Lipinski definition) is 1. The molecule has 0 fully saturated rings. The molecule has 0 aliphatic carbocycles. The zero-order chi connectivity index (χ0) is 14.9. The highest BCUT2D eigenvalue weighted by Crippen LogP contribution is 2.14. The van der Waals surface area contributed by atoms with E-state index in [1.807, 2.05) is 0 Å². The average molecular weight is 289 g/mol. The van der Waals surface area contributed by atoms with Crippen LogP contribution in [0.25, 0.3) is 0 Å². The lowest BCUT2D eigenvalue weighted by Crippen LogP contribution is -2.37. The van der Waals surface area contributed by atoms with Gasteiger partial charge < -0.3 is 9.59 Å². The van der Waals surface area contributed by atoms with Gasteiger partial charge in [-0.2, -0.15) is 0 Å². The molecule has 19 heavy (non-hydrogen) atoms. The SMILES string of the molecule is C[N+](C)(C)CCOP=O.O=[N+]([O-])c1ccc(O)cc1. The number of nitro benzene ring substituents is 1. The third-order valence-corrected chi connectivity index (χ3v) is 2.25. The van der Waals surface area contributed by atoms with Crippen molar-refractivity contribution < 1.29 is 23.6 Å². The highest BCUT2D eigenvalue weighted by molar-refractivity contribution is 7.17. The van der Waals surface area contributed by atoms with Crippen LogP contribution in [0, 0.1) is 10.1 Å². The number of aromatic hydroxyl groups is 1. The summed E-state index contributed by atoms with van der Waals surface area (Å²) in [5.41, 5.74) is -0.0159. The number of quaternary nitrogens is 1. The molecule has 0 radical (unpaired) electrons. The molecule has 0 aromatic heterocycles. The van der Waals surface area contributed by atoms with E-state index in [2.05, 4.69) is 25.7 Å². The average Bonchev–Trinajstić information content (AvgIpc) is 2.29. The molecule has 0 aliphatic heterocycles. The highest BCUT2D eigenvalue weighted by Gasteiger charge is 2.04. The Bertz CT molecular complexity index is 403. The van der Waals surface area contributed by atoms with Gasteiger partial charge in [0.15, 0.2) is 0 Å². The second-order valence-corrected chi connectivity index (χ2v) is 5.10. The minimum atomic E-state index is -0.514. The van der Waals surface area contributed by atoms with E-state index < -0.39 is 4.92 Å². The van der Waals surface area contributed by atoms with Crippen LogP contribution in [0.5, 0.6) is 5.75 Å². The minimum Gasteiger partial charge on any atom is -0.508 e. The van der Waals surface area contributed by atoms with Gasteiger partial charge in [-0.05, 0) is 12.1 Å². The summed E-state index contributed by atoms with van der Waals surface area (Å²) in [6.45, 7) is 1.43. The number of benzene rings is 1. The molecule has 1 rings (SSSR count). The molecule has 1 N–H and O–H groups in total. The van der Waals surface area contributed by atoms with E-state index in [0.29, 0.717) is 6.61 Å². The summed E-state index contributed by atoms with van der Waals surface area (Å²) in [4.78, 5) is 9.52. The second-order valence-electron chi connectivity index (χ2n) is 4.70. The van der Waals surface area contributed by atoms with Gasteiger partial charge in [0, 0.05) is 12.1 Å². The van der Waals surface area contributed by atoms with Crippen LogP contribution in [0.3, 0.4) is 0 Å². The van der Waals surface area contributed by atoms with Crippen molar-refractivity contribution in [1.29, 1.82) is 0 Å². The number of rotatable bonds is 5. The molecule has 7 nitrogen and oxygen atoms in total. The maximum atomic E-state index is 10.0. The van der Waals surface area contributed by atoms with Crippen molar-refractivity contribution in [3.63, 3.8) is 0 Å². The zero-order valence-corrected chi connectivity index (χ0v) is 12.0. The molecule has 0 aliphatic rings. The van der Waals surface area contributed by atoms with Crippen LogP contribution >= 0.6 is 8.69 Å². The van der Waals surface area contributed by atoms with Gasteiger partial charge in [0.2, 0.25) is 0 Å². The van der Waals surface area contributed by atoms with Gasteiger partial charge >= 0.3 is 8.69 Å². The number of hydrogen-bond acceptors (Lipinski definition) is 5. The molecule has 0 amide bonds. The van der Waals surface area contributed by atoms with Crippen molar-refractivity contribution in [2.24, 2.45) is 0 Å². The Kier molecular flexibility index (Phi) is 7.83. The lowest BCUT2D eigenvalue weighted by atomic mass is 10.3. The quantitative estimate of drug-likeness (QED) is 0.295. The molecule has 0 spiro atoms. The number of non-ortho nitro benzene ring substituents is 1. The number of phenols is 1. The summed E-state index contributed by atoms with van der Waals surface area (Å²) in [6, 6.07) is 5.04. The molecule has 1 aromatic carbocycles. The summed E-state index contributed by atoms with van der Waals surface area (Å²) in [5.74, 6) is 0.0330. The highest BCUT2D eigenvalue weighted by atomic mass is 31.1. The Morgan fingerprint density at radius 2 is 1.84 bits per heavy atom. The van der Waals surface area contributed by atoms with Gasteiger partial charge in [-0.25, -0.2) is 4.57 Å². The number of likely N-dealkylation sites (N-methyl/N-ethyl adjacent to an activating group) is 1. The fourth-order valence-corrected chi connectivity index (χ4v) is 1.08. The van der Waals surface area contributed by atoms with Gasteiger partial charge in [-0.3, -0.25) is 14.6 Å². The second kappa shape index (κ2) is 8.53. The number of nitrogens with zero attached hydrogens (tertiary/aromatic N) is 2. The maximum absolute atomic E-state index is 10.0. The Labute approximate surface area is 113 Å². The molecule has 1 aromatic rings. The first-order chi connectivity index (χ1) is 8.76. The molecule has 0 unspecified atom stereocenters. The van der Waals surface area contributed by atoms with Crippen molar-refractivity contribution in [1.82, 2.24) is 0 Å². The molecule has 8 heteroatoms. The third kappa shape index (κ3) is 10.1. The number of phenolic OH excluding ortho intramolecular Hbond substituents is 1. The van der Waals surface area contributed by atoms with Crippen LogP contribution in [0.4, 0.5) is 5.69 Å². The van der Waals surface area contributed by atoms with Crippen molar-refractivity contribution in [3.05, 3.63) is 34.4 Å². The zero-order valence-electron chi connectivity index (χ0n) is 11.1. The molecule has 0 saturated heterocycles. The first-order valence-electron chi connectivity index (χ1n) is 5.45. The third-order valence-electron chi connectivity index (χ3n) is 1.97. The normalized spacial score (nSPS) is 10.7. The van der Waals surface area contributed by atoms with Crippen molar-refractivity contribution in [2.45, 2.75) is 0 Å². The van der Waals surface area contributed by atoms with Gasteiger partial charge in [-0.1, -0.05) is 0 Å². The summed E-state index contributed by atoms with van der Waals surface area (Å²) in [6.07, 6.45) is 0. The van der Waals surface area contributed by atoms with Gasteiger partial charge in [0.05, 0.1) is 26.1 Å². The molecule has 0 bridgehead atoms.